The Morgan fingerprint density at radius 3 is 2.56 bits per heavy atom. The number of methoxy groups -OCH3 is 1. The van der Waals surface area contributed by atoms with E-state index in [0.29, 0.717) is 12.5 Å². The summed E-state index contributed by atoms with van der Waals surface area (Å²) in [5.74, 6) is 0.409. The maximum atomic E-state index is 11.6. The molecule has 0 saturated carbocycles. The zero-order valence-corrected chi connectivity index (χ0v) is 9.99. The normalized spacial score (nSPS) is 17.0. The Balaban J connectivity index is 2.17. The number of nitrogens with zero attached hydrogens (tertiary/aromatic N) is 1. The summed E-state index contributed by atoms with van der Waals surface area (Å²) < 4.78 is 4.49. The summed E-state index contributed by atoms with van der Waals surface area (Å²) >= 11 is 0. The van der Waals surface area contributed by atoms with Crippen LogP contribution in [0.2, 0.25) is 0 Å². The fourth-order valence-electron chi connectivity index (χ4n) is 1.70. The Kier molecular flexibility index (Phi) is 5.08. The molecule has 0 atom stereocenters. The van der Waals surface area contributed by atoms with E-state index in [0.717, 1.165) is 25.9 Å². The number of hydrogen-bond acceptors (Lipinski definition) is 3. The van der Waals surface area contributed by atoms with Gasteiger partial charge in [-0.3, -0.25) is 4.79 Å². The van der Waals surface area contributed by atoms with Crippen LogP contribution in [-0.2, 0) is 9.53 Å². The largest absolute Gasteiger partial charge is 0.469 e. The summed E-state index contributed by atoms with van der Waals surface area (Å²) in [7, 11) is 1.34. The summed E-state index contributed by atoms with van der Waals surface area (Å²) in [4.78, 5) is 24.3. The molecule has 0 bridgehead atoms. The topological polar surface area (TPSA) is 58.6 Å². The fourth-order valence-corrected chi connectivity index (χ4v) is 1.70. The van der Waals surface area contributed by atoms with Gasteiger partial charge in [0, 0.05) is 19.6 Å². The number of esters is 1. The van der Waals surface area contributed by atoms with Gasteiger partial charge in [0.1, 0.15) is 0 Å². The predicted molar refractivity (Wildman–Crippen MR) is 60.0 cm³/mol. The fraction of sp³-hybridized carbons (Fsp3) is 0.818. The monoisotopic (exact) mass is 228 g/mol. The van der Waals surface area contributed by atoms with Crippen molar-refractivity contribution in [2.24, 2.45) is 5.92 Å². The van der Waals surface area contributed by atoms with Crippen molar-refractivity contribution in [3.8, 4) is 0 Å². The van der Waals surface area contributed by atoms with E-state index < -0.39 is 0 Å². The first-order valence-electron chi connectivity index (χ1n) is 5.73. The number of hydrogen-bond donors (Lipinski definition) is 1. The molecule has 2 amide bonds. The van der Waals surface area contributed by atoms with Crippen LogP contribution in [0, 0.1) is 5.92 Å². The van der Waals surface area contributed by atoms with Crippen LogP contribution in [0.3, 0.4) is 0 Å². The zero-order valence-electron chi connectivity index (χ0n) is 9.99. The van der Waals surface area contributed by atoms with Gasteiger partial charge >= 0.3 is 12.0 Å². The molecule has 1 aliphatic heterocycles. The molecule has 1 N–H and O–H groups in total. The third kappa shape index (κ3) is 4.08. The first-order valence-corrected chi connectivity index (χ1v) is 5.73. The molecule has 0 radical (unpaired) electrons. The first-order chi connectivity index (χ1) is 7.63. The van der Waals surface area contributed by atoms with E-state index in [-0.39, 0.29) is 18.4 Å². The molecule has 0 aromatic rings. The Morgan fingerprint density at radius 2 is 2.00 bits per heavy atom. The Bertz CT molecular complexity index is 248. The molecule has 1 rings (SSSR count). The Morgan fingerprint density at radius 1 is 1.38 bits per heavy atom. The second-order valence-electron chi connectivity index (χ2n) is 4.23. The van der Waals surface area contributed by atoms with Crippen LogP contribution in [0.25, 0.3) is 0 Å². The molecule has 1 aliphatic rings. The maximum Gasteiger partial charge on any atom is 0.317 e. The Hall–Kier alpha value is -1.26. The van der Waals surface area contributed by atoms with Crippen LogP contribution in [0.15, 0.2) is 0 Å². The predicted octanol–water partition coefficient (Wildman–Crippen LogP) is 0.991. The van der Waals surface area contributed by atoms with E-state index in [9.17, 15) is 9.59 Å². The SMILES string of the molecule is COC(=O)CCNC(=O)N1CCC(C)CC1. The summed E-state index contributed by atoms with van der Waals surface area (Å²) in [5.41, 5.74) is 0. The standard InChI is InChI=1S/C11H20N2O3/c1-9-4-7-13(8-5-9)11(15)12-6-3-10(14)16-2/h9H,3-8H2,1-2H3,(H,12,15). The highest BCUT2D eigenvalue weighted by atomic mass is 16.5. The lowest BCUT2D eigenvalue weighted by molar-refractivity contribution is -0.140. The third-order valence-corrected chi connectivity index (χ3v) is 2.90. The van der Waals surface area contributed by atoms with Crippen LogP contribution in [0.4, 0.5) is 4.79 Å². The molecule has 16 heavy (non-hydrogen) atoms. The van der Waals surface area contributed by atoms with Gasteiger partial charge in [-0.25, -0.2) is 4.79 Å². The molecule has 1 saturated heterocycles. The van der Waals surface area contributed by atoms with Crippen molar-refractivity contribution >= 4 is 12.0 Å². The number of ether oxygens (including phenoxy) is 1. The van der Waals surface area contributed by atoms with Crippen molar-refractivity contribution in [3.05, 3.63) is 0 Å². The lowest BCUT2D eigenvalue weighted by Crippen LogP contribution is -2.44. The number of carbonyl (C=O) groups excluding carboxylic acids is 2. The second kappa shape index (κ2) is 6.35. The zero-order chi connectivity index (χ0) is 12.0. The molecule has 0 unspecified atom stereocenters. The molecule has 92 valence electrons. The van der Waals surface area contributed by atoms with E-state index in [1.54, 1.807) is 4.90 Å². The average molecular weight is 228 g/mol. The van der Waals surface area contributed by atoms with Gasteiger partial charge in [-0.1, -0.05) is 6.92 Å². The molecule has 5 heteroatoms. The van der Waals surface area contributed by atoms with Crippen molar-refractivity contribution in [3.63, 3.8) is 0 Å². The average Bonchev–Trinajstić information content (AvgIpc) is 2.29. The van der Waals surface area contributed by atoms with Crippen molar-refractivity contribution < 1.29 is 14.3 Å². The van der Waals surface area contributed by atoms with Gasteiger partial charge in [-0.05, 0) is 18.8 Å². The van der Waals surface area contributed by atoms with E-state index in [1.807, 2.05) is 0 Å². The van der Waals surface area contributed by atoms with Gasteiger partial charge in [0.25, 0.3) is 0 Å². The molecule has 1 heterocycles. The number of likely N-dealkylation sites (tertiary alicyclic amines) is 1. The second-order valence-corrected chi connectivity index (χ2v) is 4.23. The highest BCUT2D eigenvalue weighted by molar-refractivity contribution is 5.75. The third-order valence-electron chi connectivity index (χ3n) is 2.90. The quantitative estimate of drug-likeness (QED) is 0.733. The number of piperidine rings is 1. The van der Waals surface area contributed by atoms with Gasteiger partial charge in [0.05, 0.1) is 13.5 Å². The molecular formula is C11H20N2O3. The van der Waals surface area contributed by atoms with Crippen molar-refractivity contribution in [1.82, 2.24) is 10.2 Å². The van der Waals surface area contributed by atoms with E-state index in [2.05, 4.69) is 17.0 Å². The van der Waals surface area contributed by atoms with Gasteiger partial charge in [0.15, 0.2) is 0 Å². The van der Waals surface area contributed by atoms with Crippen molar-refractivity contribution in [2.45, 2.75) is 26.2 Å². The van der Waals surface area contributed by atoms with Gasteiger partial charge < -0.3 is 15.0 Å². The molecule has 0 spiro atoms. The van der Waals surface area contributed by atoms with Gasteiger partial charge in [0.2, 0.25) is 0 Å². The summed E-state index contributed by atoms with van der Waals surface area (Å²) in [6, 6.07) is -0.0733. The number of rotatable bonds is 3. The highest BCUT2D eigenvalue weighted by Gasteiger charge is 2.19. The smallest absolute Gasteiger partial charge is 0.317 e. The van der Waals surface area contributed by atoms with Crippen molar-refractivity contribution in [1.29, 1.82) is 0 Å². The van der Waals surface area contributed by atoms with Crippen LogP contribution < -0.4 is 5.32 Å². The van der Waals surface area contributed by atoms with Crippen LogP contribution >= 0.6 is 0 Å². The van der Waals surface area contributed by atoms with Gasteiger partial charge in [-0.2, -0.15) is 0 Å². The minimum Gasteiger partial charge on any atom is -0.469 e. The van der Waals surface area contributed by atoms with E-state index in [1.165, 1.54) is 7.11 Å². The van der Waals surface area contributed by atoms with E-state index in [4.69, 9.17) is 0 Å². The summed E-state index contributed by atoms with van der Waals surface area (Å²) in [6.07, 6.45) is 2.35. The molecule has 0 aliphatic carbocycles. The number of nitrogens with one attached hydrogen (secondary N) is 1. The summed E-state index contributed by atoms with van der Waals surface area (Å²) in [6.45, 7) is 4.17. The molecular weight excluding hydrogens is 208 g/mol. The molecule has 0 aromatic carbocycles. The number of urea groups is 1. The van der Waals surface area contributed by atoms with Crippen LogP contribution in [0.1, 0.15) is 26.2 Å². The molecule has 1 fully saturated rings. The molecule has 5 nitrogen and oxygen atoms in total. The Labute approximate surface area is 96.1 Å². The van der Waals surface area contributed by atoms with Gasteiger partial charge in [-0.15, -0.1) is 0 Å². The first kappa shape index (κ1) is 12.8. The summed E-state index contributed by atoms with van der Waals surface area (Å²) in [5, 5.41) is 2.72. The van der Waals surface area contributed by atoms with Crippen LogP contribution in [0.5, 0.6) is 0 Å². The maximum absolute atomic E-state index is 11.6. The van der Waals surface area contributed by atoms with Crippen molar-refractivity contribution in [2.75, 3.05) is 26.7 Å². The number of amides is 2. The minimum absolute atomic E-state index is 0.0733. The minimum atomic E-state index is -0.299. The van der Waals surface area contributed by atoms with E-state index >= 15 is 0 Å². The molecule has 0 aromatic heterocycles. The lowest BCUT2D eigenvalue weighted by Gasteiger charge is -2.30. The highest BCUT2D eigenvalue weighted by Crippen LogP contribution is 2.15. The lowest BCUT2D eigenvalue weighted by atomic mass is 10.00. The van der Waals surface area contributed by atoms with Crippen LogP contribution in [-0.4, -0.2) is 43.6 Å². The number of carbonyl (C=O) groups is 2.